The number of ketones is 1. The Balaban J connectivity index is 1.31. The highest BCUT2D eigenvalue weighted by atomic mass is 19.4. The van der Waals surface area contributed by atoms with Gasteiger partial charge in [-0.05, 0) is 48.6 Å². The summed E-state index contributed by atoms with van der Waals surface area (Å²) >= 11 is 0. The van der Waals surface area contributed by atoms with Crippen molar-refractivity contribution in [2.24, 2.45) is 5.92 Å². The number of halogens is 3. The number of anilines is 1. The number of alkyl halides is 3. The topological polar surface area (TPSA) is 42.4 Å². The molecule has 0 bridgehead atoms. The predicted octanol–water partition coefficient (Wildman–Crippen LogP) is 5.62. The molecule has 31 heavy (non-hydrogen) atoms. The van der Waals surface area contributed by atoms with E-state index in [0.29, 0.717) is 37.5 Å². The maximum Gasteiger partial charge on any atom is 0.433 e. The minimum Gasteiger partial charge on any atom is -0.489 e. The summed E-state index contributed by atoms with van der Waals surface area (Å²) in [7, 11) is 0. The first kappa shape index (κ1) is 21.7. The third-order valence-corrected chi connectivity index (χ3v) is 6.31. The molecular formula is C24H27F3N2O2. The molecule has 2 heterocycles. The van der Waals surface area contributed by atoms with Crippen molar-refractivity contribution in [3.63, 3.8) is 0 Å². The molecule has 1 aromatic carbocycles. The number of Topliss-reactive ketones (excluding diaryl/α,β-unsaturated/α-hetero) is 1. The van der Waals surface area contributed by atoms with E-state index in [2.05, 4.69) is 11.9 Å². The first-order valence-electron chi connectivity index (χ1n) is 10.9. The zero-order chi connectivity index (χ0) is 22.0. The van der Waals surface area contributed by atoms with Crippen molar-refractivity contribution in [3.8, 4) is 5.75 Å². The van der Waals surface area contributed by atoms with Crippen LogP contribution in [0.4, 0.5) is 19.0 Å². The van der Waals surface area contributed by atoms with Crippen LogP contribution in [0.15, 0.2) is 42.5 Å². The van der Waals surface area contributed by atoms with Gasteiger partial charge in [-0.2, -0.15) is 13.2 Å². The Morgan fingerprint density at radius 1 is 1.16 bits per heavy atom. The first-order chi connectivity index (χ1) is 14.8. The highest BCUT2D eigenvalue weighted by Crippen LogP contribution is 2.32. The smallest absolute Gasteiger partial charge is 0.433 e. The van der Waals surface area contributed by atoms with E-state index in [0.717, 1.165) is 30.2 Å². The molecule has 7 heteroatoms. The van der Waals surface area contributed by atoms with Crippen LogP contribution in [0.2, 0.25) is 0 Å². The fourth-order valence-corrected chi connectivity index (χ4v) is 4.17. The molecule has 2 aromatic rings. The molecule has 4 nitrogen and oxygen atoms in total. The van der Waals surface area contributed by atoms with Gasteiger partial charge >= 0.3 is 6.18 Å². The van der Waals surface area contributed by atoms with Gasteiger partial charge in [-0.3, -0.25) is 4.79 Å². The van der Waals surface area contributed by atoms with Crippen LogP contribution in [0.25, 0.3) is 0 Å². The number of carbonyl (C=O) groups excluding carboxylic acids is 1. The van der Waals surface area contributed by atoms with Crippen LogP contribution in [0.3, 0.4) is 0 Å². The normalized spacial score (nSPS) is 20.4. The number of ether oxygens (including phenoxy) is 1. The summed E-state index contributed by atoms with van der Waals surface area (Å²) in [6.07, 6.45) is -0.0377. The van der Waals surface area contributed by atoms with Gasteiger partial charge in [-0.25, -0.2) is 4.98 Å². The standard InChI is InChI=1S/C24H27F3N2O2/c1-16(14-21(30)18-4-2-5-18)17-8-10-19(11-9-17)31-20-12-13-29(15-20)23-7-3-6-22(28-23)24(25,26)27/h3,6-11,16,18,20H,2,4-5,12-15H2,1H3/t16-,20?/m1/s1. The minimum atomic E-state index is -4.45. The molecule has 1 saturated heterocycles. The second kappa shape index (κ2) is 8.89. The van der Waals surface area contributed by atoms with E-state index >= 15 is 0 Å². The lowest BCUT2D eigenvalue weighted by Crippen LogP contribution is -2.26. The van der Waals surface area contributed by atoms with E-state index in [1.54, 1.807) is 6.07 Å². The fraction of sp³-hybridized carbons (Fsp3) is 0.500. The van der Waals surface area contributed by atoms with Gasteiger partial charge in [0.1, 0.15) is 29.1 Å². The zero-order valence-corrected chi connectivity index (χ0v) is 17.6. The van der Waals surface area contributed by atoms with Crippen molar-refractivity contribution in [1.82, 2.24) is 4.98 Å². The molecule has 166 valence electrons. The van der Waals surface area contributed by atoms with Crippen molar-refractivity contribution >= 4 is 11.6 Å². The van der Waals surface area contributed by atoms with Gasteiger partial charge in [0.25, 0.3) is 0 Å². The van der Waals surface area contributed by atoms with Crippen LogP contribution < -0.4 is 9.64 Å². The quantitative estimate of drug-likeness (QED) is 0.570. The summed E-state index contributed by atoms with van der Waals surface area (Å²) < 4.78 is 44.8. The van der Waals surface area contributed by atoms with Crippen molar-refractivity contribution in [2.75, 3.05) is 18.0 Å². The van der Waals surface area contributed by atoms with Gasteiger partial charge in [0, 0.05) is 25.3 Å². The average Bonchev–Trinajstić information content (AvgIpc) is 3.15. The van der Waals surface area contributed by atoms with E-state index in [1.807, 2.05) is 29.2 Å². The Labute approximate surface area is 180 Å². The molecule has 2 aliphatic rings. The summed E-state index contributed by atoms with van der Waals surface area (Å²) in [6, 6.07) is 11.8. The van der Waals surface area contributed by atoms with Crippen LogP contribution in [-0.4, -0.2) is 30.0 Å². The maximum atomic E-state index is 12.9. The number of rotatable bonds is 7. The molecule has 1 aromatic heterocycles. The molecule has 0 radical (unpaired) electrons. The molecule has 0 spiro atoms. The van der Waals surface area contributed by atoms with E-state index in [4.69, 9.17) is 4.74 Å². The lowest BCUT2D eigenvalue weighted by atomic mass is 9.79. The van der Waals surface area contributed by atoms with E-state index in [9.17, 15) is 18.0 Å². The van der Waals surface area contributed by atoms with E-state index in [1.165, 1.54) is 12.5 Å². The summed E-state index contributed by atoms with van der Waals surface area (Å²) in [5, 5.41) is 0. The summed E-state index contributed by atoms with van der Waals surface area (Å²) in [5.41, 5.74) is 0.233. The van der Waals surface area contributed by atoms with Gasteiger partial charge in [-0.15, -0.1) is 0 Å². The Bertz CT molecular complexity index is 910. The number of hydrogen-bond acceptors (Lipinski definition) is 4. The highest BCUT2D eigenvalue weighted by Gasteiger charge is 2.34. The molecule has 2 atom stereocenters. The van der Waals surface area contributed by atoms with Gasteiger partial charge < -0.3 is 9.64 Å². The molecule has 1 aliphatic carbocycles. The third-order valence-electron chi connectivity index (χ3n) is 6.31. The third kappa shape index (κ3) is 5.20. The lowest BCUT2D eigenvalue weighted by Gasteiger charge is -2.25. The second-order valence-electron chi connectivity index (χ2n) is 8.62. The molecule has 1 unspecified atom stereocenters. The van der Waals surface area contributed by atoms with Crippen LogP contribution in [-0.2, 0) is 11.0 Å². The first-order valence-corrected chi connectivity index (χ1v) is 10.9. The summed E-state index contributed by atoms with van der Waals surface area (Å²) in [6.45, 7) is 3.16. The van der Waals surface area contributed by atoms with Crippen LogP contribution in [0, 0.1) is 5.92 Å². The van der Waals surface area contributed by atoms with Crippen molar-refractivity contribution in [3.05, 3.63) is 53.7 Å². The number of aromatic nitrogens is 1. The number of nitrogens with zero attached hydrogens (tertiary/aromatic N) is 2. The van der Waals surface area contributed by atoms with Gasteiger partial charge in [0.05, 0.1) is 6.54 Å². The molecule has 1 aliphatic heterocycles. The fourth-order valence-electron chi connectivity index (χ4n) is 4.17. The monoisotopic (exact) mass is 432 g/mol. The Morgan fingerprint density at radius 2 is 1.90 bits per heavy atom. The summed E-state index contributed by atoms with van der Waals surface area (Å²) in [5.74, 6) is 1.86. The van der Waals surface area contributed by atoms with E-state index < -0.39 is 11.9 Å². The number of benzene rings is 1. The molecule has 1 saturated carbocycles. The van der Waals surface area contributed by atoms with Crippen molar-refractivity contribution in [1.29, 1.82) is 0 Å². The number of pyridine rings is 1. The molecule has 2 fully saturated rings. The minimum absolute atomic E-state index is 0.111. The molecule has 0 N–H and O–H groups in total. The largest absolute Gasteiger partial charge is 0.489 e. The summed E-state index contributed by atoms with van der Waals surface area (Å²) in [4.78, 5) is 17.8. The van der Waals surface area contributed by atoms with Gasteiger partial charge in [0.15, 0.2) is 0 Å². The Kier molecular flexibility index (Phi) is 6.21. The molecular weight excluding hydrogens is 405 g/mol. The molecule has 4 rings (SSSR count). The lowest BCUT2D eigenvalue weighted by molar-refractivity contribution is -0.141. The average molecular weight is 432 g/mol. The predicted molar refractivity (Wildman–Crippen MR) is 112 cm³/mol. The van der Waals surface area contributed by atoms with Crippen LogP contribution in [0.5, 0.6) is 5.75 Å². The zero-order valence-electron chi connectivity index (χ0n) is 17.6. The maximum absolute atomic E-state index is 12.9. The van der Waals surface area contributed by atoms with Crippen LogP contribution in [0.1, 0.15) is 56.2 Å². The highest BCUT2D eigenvalue weighted by molar-refractivity contribution is 5.82. The number of carbonyl (C=O) groups is 1. The Morgan fingerprint density at radius 3 is 2.55 bits per heavy atom. The van der Waals surface area contributed by atoms with Crippen molar-refractivity contribution < 1.29 is 22.7 Å². The SMILES string of the molecule is C[C@H](CC(=O)C1CCC1)c1ccc(OC2CCN(c3cccc(C(F)(F)F)n3)C2)cc1. The Hall–Kier alpha value is -2.57. The van der Waals surface area contributed by atoms with Gasteiger partial charge in [0.2, 0.25) is 0 Å². The van der Waals surface area contributed by atoms with Gasteiger partial charge in [-0.1, -0.05) is 31.5 Å². The number of hydrogen-bond donors (Lipinski definition) is 0. The molecule has 0 amide bonds. The van der Waals surface area contributed by atoms with E-state index in [-0.39, 0.29) is 17.9 Å². The second-order valence-corrected chi connectivity index (χ2v) is 8.62. The van der Waals surface area contributed by atoms with Crippen molar-refractivity contribution in [2.45, 2.75) is 57.2 Å². The van der Waals surface area contributed by atoms with Crippen LogP contribution >= 0.6 is 0 Å².